The maximum absolute atomic E-state index is 4.07. The Morgan fingerprint density at radius 2 is 1.73 bits per heavy atom. The minimum absolute atomic E-state index is 0.567. The average Bonchev–Trinajstić information content (AvgIpc) is 1.88. The first-order valence-electron chi connectivity index (χ1n) is 4.46. The third kappa shape index (κ3) is 2.96. The van der Waals surface area contributed by atoms with Gasteiger partial charge in [-0.25, -0.2) is 0 Å². The van der Waals surface area contributed by atoms with E-state index < -0.39 is 0 Å². The summed E-state index contributed by atoms with van der Waals surface area (Å²) < 4.78 is 0. The van der Waals surface area contributed by atoms with Gasteiger partial charge in [-0.15, -0.1) is 0 Å². The Morgan fingerprint density at radius 1 is 1.27 bits per heavy atom. The Balaban J connectivity index is 4.15. The highest BCUT2D eigenvalue weighted by atomic mass is 15.2. The molecule has 0 unspecified atom stereocenters. The lowest BCUT2D eigenvalue weighted by Crippen LogP contribution is -2.31. The first kappa shape index (κ1) is 10.5. The molecule has 0 saturated heterocycles. The summed E-state index contributed by atoms with van der Waals surface area (Å²) in [4.78, 5) is 2.34. The molecule has 0 radical (unpaired) electrons. The maximum Gasteiger partial charge on any atom is 0.0230 e. The fourth-order valence-electron chi connectivity index (χ4n) is 1.23. The van der Waals surface area contributed by atoms with Gasteiger partial charge in [-0.3, -0.25) is 0 Å². The van der Waals surface area contributed by atoms with Gasteiger partial charge in [-0.05, 0) is 26.7 Å². The molecule has 1 nitrogen and oxygen atoms in total. The first-order chi connectivity index (χ1) is 5.00. The smallest absolute Gasteiger partial charge is 0.0230 e. The monoisotopic (exact) mass is 155 g/mol. The highest BCUT2D eigenvalue weighted by Crippen LogP contribution is 2.15. The van der Waals surface area contributed by atoms with Gasteiger partial charge in [-0.2, -0.15) is 0 Å². The van der Waals surface area contributed by atoms with Crippen molar-refractivity contribution >= 4 is 0 Å². The summed E-state index contributed by atoms with van der Waals surface area (Å²) >= 11 is 0. The highest BCUT2D eigenvalue weighted by molar-refractivity contribution is 4.97. The normalized spacial score (nSPS) is 10.8. The van der Waals surface area contributed by atoms with E-state index in [0.29, 0.717) is 12.0 Å². The average molecular weight is 155 g/mol. The number of allylic oxidation sites excluding steroid dienone is 1. The van der Waals surface area contributed by atoms with Crippen LogP contribution in [0, 0.1) is 5.92 Å². The lowest BCUT2D eigenvalue weighted by Gasteiger charge is -2.31. The molecule has 0 aliphatic rings. The summed E-state index contributed by atoms with van der Waals surface area (Å²) in [5, 5.41) is 0. The van der Waals surface area contributed by atoms with Crippen LogP contribution in [0.1, 0.15) is 34.6 Å². The summed E-state index contributed by atoms with van der Waals surface area (Å²) in [5.74, 6) is 0.567. The van der Waals surface area contributed by atoms with Crippen LogP contribution in [-0.4, -0.2) is 17.5 Å². The molecule has 66 valence electrons. The van der Waals surface area contributed by atoms with Gasteiger partial charge in [0.25, 0.3) is 0 Å². The standard InChI is InChI=1S/C10H21N/c1-7-11(9(4)5)10(6)8(2)3/h8-9H,6-7H2,1-5H3. The Kier molecular flexibility index (Phi) is 4.24. The van der Waals surface area contributed by atoms with Gasteiger partial charge < -0.3 is 4.90 Å². The van der Waals surface area contributed by atoms with Crippen LogP contribution in [-0.2, 0) is 0 Å². The van der Waals surface area contributed by atoms with Crippen molar-refractivity contribution in [2.24, 2.45) is 5.92 Å². The van der Waals surface area contributed by atoms with Crippen LogP contribution >= 0.6 is 0 Å². The quantitative estimate of drug-likeness (QED) is 0.603. The van der Waals surface area contributed by atoms with E-state index in [9.17, 15) is 0 Å². The predicted molar refractivity (Wildman–Crippen MR) is 51.5 cm³/mol. The van der Waals surface area contributed by atoms with Crippen LogP contribution in [0.2, 0.25) is 0 Å². The topological polar surface area (TPSA) is 3.24 Å². The van der Waals surface area contributed by atoms with Crippen molar-refractivity contribution in [1.29, 1.82) is 0 Å². The number of nitrogens with zero attached hydrogens (tertiary/aromatic N) is 1. The van der Waals surface area contributed by atoms with Gasteiger partial charge >= 0.3 is 0 Å². The Hall–Kier alpha value is -0.460. The van der Waals surface area contributed by atoms with Crippen LogP contribution in [0.25, 0.3) is 0 Å². The van der Waals surface area contributed by atoms with Crippen LogP contribution in [0.3, 0.4) is 0 Å². The molecule has 0 bridgehead atoms. The fourth-order valence-corrected chi connectivity index (χ4v) is 1.23. The number of hydrogen-bond donors (Lipinski definition) is 0. The second-order valence-electron chi connectivity index (χ2n) is 3.53. The fraction of sp³-hybridized carbons (Fsp3) is 0.800. The zero-order chi connectivity index (χ0) is 9.02. The predicted octanol–water partition coefficient (Wildman–Crippen LogP) is 2.89. The van der Waals surface area contributed by atoms with Crippen molar-refractivity contribution in [3.63, 3.8) is 0 Å². The van der Waals surface area contributed by atoms with Gasteiger partial charge in [0.1, 0.15) is 0 Å². The Morgan fingerprint density at radius 3 is 1.82 bits per heavy atom. The van der Waals surface area contributed by atoms with Gasteiger partial charge in [0.2, 0.25) is 0 Å². The van der Waals surface area contributed by atoms with Gasteiger partial charge in [-0.1, -0.05) is 20.4 Å². The molecule has 0 fully saturated rings. The molecular formula is C10H21N. The van der Waals surface area contributed by atoms with Gasteiger partial charge in [0.15, 0.2) is 0 Å². The molecule has 0 atom stereocenters. The largest absolute Gasteiger partial charge is 0.373 e. The zero-order valence-corrected chi connectivity index (χ0v) is 8.52. The molecule has 0 aromatic rings. The number of rotatable bonds is 4. The van der Waals surface area contributed by atoms with Gasteiger partial charge in [0, 0.05) is 18.3 Å². The molecule has 0 saturated carbocycles. The molecule has 1 heteroatoms. The molecule has 0 aliphatic carbocycles. The van der Waals surface area contributed by atoms with Crippen molar-refractivity contribution in [2.45, 2.75) is 40.7 Å². The first-order valence-corrected chi connectivity index (χ1v) is 4.46. The Bertz CT molecular complexity index is 125. The van der Waals surface area contributed by atoms with E-state index in [4.69, 9.17) is 0 Å². The van der Waals surface area contributed by atoms with Crippen LogP contribution in [0.4, 0.5) is 0 Å². The molecular weight excluding hydrogens is 134 g/mol. The molecule has 0 aliphatic heterocycles. The van der Waals surface area contributed by atoms with Gasteiger partial charge in [0.05, 0.1) is 0 Å². The molecule has 0 aromatic heterocycles. The highest BCUT2D eigenvalue weighted by Gasteiger charge is 2.11. The third-order valence-electron chi connectivity index (χ3n) is 2.00. The molecule has 0 N–H and O–H groups in total. The van der Waals surface area contributed by atoms with E-state index in [1.807, 2.05) is 0 Å². The van der Waals surface area contributed by atoms with Crippen LogP contribution < -0.4 is 0 Å². The SMILES string of the molecule is C=C(C(C)C)N(CC)C(C)C. The minimum Gasteiger partial charge on any atom is -0.373 e. The summed E-state index contributed by atoms with van der Waals surface area (Å²) in [6.07, 6.45) is 0. The molecule has 0 amide bonds. The second kappa shape index (κ2) is 4.42. The van der Waals surface area contributed by atoms with Crippen LogP contribution in [0.15, 0.2) is 12.3 Å². The van der Waals surface area contributed by atoms with E-state index in [1.54, 1.807) is 0 Å². The Labute approximate surface area is 71.1 Å². The summed E-state index contributed by atoms with van der Waals surface area (Å²) in [7, 11) is 0. The van der Waals surface area contributed by atoms with Crippen LogP contribution in [0.5, 0.6) is 0 Å². The van der Waals surface area contributed by atoms with E-state index in [0.717, 1.165) is 6.54 Å². The summed E-state index contributed by atoms with van der Waals surface area (Å²) in [6.45, 7) is 16.1. The van der Waals surface area contributed by atoms with E-state index in [2.05, 4.69) is 46.1 Å². The molecule has 0 heterocycles. The van der Waals surface area contributed by atoms with Crippen molar-refractivity contribution in [3.8, 4) is 0 Å². The molecule has 0 aromatic carbocycles. The van der Waals surface area contributed by atoms with Crippen molar-refractivity contribution in [2.75, 3.05) is 6.54 Å². The van der Waals surface area contributed by atoms with Crippen molar-refractivity contribution < 1.29 is 0 Å². The summed E-state index contributed by atoms with van der Waals surface area (Å²) in [6, 6.07) is 0.579. The maximum atomic E-state index is 4.07. The second-order valence-corrected chi connectivity index (χ2v) is 3.53. The minimum atomic E-state index is 0.567. The molecule has 11 heavy (non-hydrogen) atoms. The number of hydrogen-bond acceptors (Lipinski definition) is 1. The van der Waals surface area contributed by atoms with E-state index >= 15 is 0 Å². The zero-order valence-electron chi connectivity index (χ0n) is 8.52. The van der Waals surface area contributed by atoms with E-state index in [1.165, 1.54) is 5.70 Å². The van der Waals surface area contributed by atoms with Crippen molar-refractivity contribution in [1.82, 2.24) is 4.90 Å². The van der Waals surface area contributed by atoms with E-state index in [-0.39, 0.29) is 0 Å². The lowest BCUT2D eigenvalue weighted by molar-refractivity contribution is 0.273. The summed E-state index contributed by atoms with van der Waals surface area (Å²) in [5.41, 5.74) is 1.25. The molecule has 0 spiro atoms. The molecule has 0 rings (SSSR count). The lowest BCUT2D eigenvalue weighted by atomic mass is 10.1. The van der Waals surface area contributed by atoms with Crippen molar-refractivity contribution in [3.05, 3.63) is 12.3 Å². The third-order valence-corrected chi connectivity index (χ3v) is 2.00.